The number of hydrogen-bond acceptors (Lipinski definition) is 3. The molecule has 1 aromatic heterocycles. The van der Waals surface area contributed by atoms with Crippen molar-refractivity contribution in [2.45, 2.75) is 64.2 Å². The molecule has 2 fully saturated rings. The van der Waals surface area contributed by atoms with Gasteiger partial charge in [-0.3, -0.25) is 4.68 Å². The summed E-state index contributed by atoms with van der Waals surface area (Å²) in [5, 5.41) is 8.30. The monoisotopic (exact) mass is 355 g/mol. The number of rotatable bonds is 6. The quantitative estimate of drug-likeness (QED) is 0.852. The summed E-state index contributed by atoms with van der Waals surface area (Å²) in [6.07, 6.45) is 6.90. The Balaban J connectivity index is 1.76. The van der Waals surface area contributed by atoms with Crippen LogP contribution in [0.25, 0.3) is 0 Å². The highest BCUT2D eigenvalue weighted by atomic mass is 79.9. The van der Waals surface area contributed by atoms with Crippen molar-refractivity contribution >= 4 is 15.9 Å². The molecule has 0 spiro atoms. The largest absolute Gasteiger partial charge is 0.375 e. The van der Waals surface area contributed by atoms with Crippen LogP contribution in [0.3, 0.4) is 0 Å². The standard InChI is InChI=1S/C16H26BrN3O/c1-4-7-18-13(12-8-11-5-6-15(12)21-11)9-14-16(17)10(2)19-20(14)3/h11-13,15,18H,4-9H2,1-3H3. The smallest absolute Gasteiger partial charge is 0.0738 e. The lowest BCUT2D eigenvalue weighted by molar-refractivity contribution is 0.0855. The van der Waals surface area contributed by atoms with Crippen molar-refractivity contribution in [3.05, 3.63) is 15.9 Å². The Morgan fingerprint density at radius 3 is 2.81 bits per heavy atom. The molecular weight excluding hydrogens is 330 g/mol. The second-order valence-corrected chi connectivity index (χ2v) is 7.30. The van der Waals surface area contributed by atoms with Gasteiger partial charge in [-0.15, -0.1) is 0 Å². The summed E-state index contributed by atoms with van der Waals surface area (Å²) in [6.45, 7) is 5.36. The fourth-order valence-electron chi connectivity index (χ4n) is 3.92. The van der Waals surface area contributed by atoms with Crippen molar-refractivity contribution in [3.63, 3.8) is 0 Å². The highest BCUT2D eigenvalue weighted by Gasteiger charge is 2.44. The zero-order chi connectivity index (χ0) is 15.0. The fraction of sp³-hybridized carbons (Fsp3) is 0.812. The van der Waals surface area contributed by atoms with Gasteiger partial charge in [-0.2, -0.15) is 5.10 Å². The summed E-state index contributed by atoms with van der Waals surface area (Å²) in [6, 6.07) is 0.492. The highest BCUT2D eigenvalue weighted by molar-refractivity contribution is 9.10. The fourth-order valence-corrected chi connectivity index (χ4v) is 4.41. The predicted molar refractivity (Wildman–Crippen MR) is 87.4 cm³/mol. The molecule has 2 saturated heterocycles. The number of fused-ring (bicyclic) bond motifs is 2. The Labute approximate surface area is 135 Å². The Kier molecular flexibility index (Phi) is 4.71. The van der Waals surface area contributed by atoms with E-state index in [9.17, 15) is 0 Å². The van der Waals surface area contributed by atoms with E-state index in [0.29, 0.717) is 24.2 Å². The van der Waals surface area contributed by atoms with E-state index in [4.69, 9.17) is 4.74 Å². The van der Waals surface area contributed by atoms with E-state index in [-0.39, 0.29) is 0 Å². The molecular formula is C16H26BrN3O. The van der Waals surface area contributed by atoms with Crippen LogP contribution < -0.4 is 5.32 Å². The normalized spacial score (nSPS) is 29.2. The molecule has 0 aliphatic carbocycles. The zero-order valence-corrected chi connectivity index (χ0v) is 14.8. The summed E-state index contributed by atoms with van der Waals surface area (Å²) < 4.78 is 9.26. The maximum absolute atomic E-state index is 6.08. The summed E-state index contributed by atoms with van der Waals surface area (Å²) in [4.78, 5) is 0. The van der Waals surface area contributed by atoms with Gasteiger partial charge in [0.25, 0.3) is 0 Å². The second kappa shape index (κ2) is 6.39. The predicted octanol–water partition coefficient (Wildman–Crippen LogP) is 2.97. The molecule has 3 heterocycles. The van der Waals surface area contributed by atoms with Crippen LogP contribution in [0.2, 0.25) is 0 Å². The molecule has 118 valence electrons. The molecule has 4 nitrogen and oxygen atoms in total. The van der Waals surface area contributed by atoms with Gasteiger partial charge in [-0.05, 0) is 55.1 Å². The number of hydrogen-bond donors (Lipinski definition) is 1. The van der Waals surface area contributed by atoms with Gasteiger partial charge in [0.2, 0.25) is 0 Å². The summed E-state index contributed by atoms with van der Waals surface area (Å²) >= 11 is 3.70. The molecule has 5 heteroatoms. The molecule has 0 saturated carbocycles. The zero-order valence-electron chi connectivity index (χ0n) is 13.2. The second-order valence-electron chi connectivity index (χ2n) is 6.51. The first-order valence-corrected chi connectivity index (χ1v) is 8.96. The van der Waals surface area contributed by atoms with Crippen LogP contribution in [0.15, 0.2) is 4.47 Å². The molecule has 2 bridgehead atoms. The van der Waals surface area contributed by atoms with Gasteiger partial charge in [-0.1, -0.05) is 6.92 Å². The first kappa shape index (κ1) is 15.5. The number of halogens is 1. The summed E-state index contributed by atoms with van der Waals surface area (Å²) in [5.74, 6) is 0.650. The van der Waals surface area contributed by atoms with Crippen molar-refractivity contribution in [2.75, 3.05) is 6.54 Å². The van der Waals surface area contributed by atoms with Crippen LogP contribution in [0.1, 0.15) is 44.0 Å². The molecule has 0 amide bonds. The minimum absolute atomic E-state index is 0.470. The lowest BCUT2D eigenvalue weighted by Gasteiger charge is -2.29. The van der Waals surface area contributed by atoms with E-state index in [2.05, 4.69) is 40.2 Å². The topological polar surface area (TPSA) is 39.1 Å². The van der Waals surface area contributed by atoms with E-state index in [1.165, 1.54) is 31.4 Å². The third kappa shape index (κ3) is 3.06. The van der Waals surface area contributed by atoms with Gasteiger partial charge >= 0.3 is 0 Å². The average Bonchev–Trinajstić information content (AvgIpc) is 3.14. The molecule has 0 aromatic carbocycles. The third-order valence-corrected chi connectivity index (χ3v) is 6.03. The Morgan fingerprint density at radius 1 is 1.48 bits per heavy atom. The molecule has 2 aliphatic rings. The SMILES string of the molecule is CCCNC(Cc1c(Br)c(C)nn1C)C1CC2CCC1O2. The average molecular weight is 356 g/mol. The van der Waals surface area contributed by atoms with Crippen molar-refractivity contribution < 1.29 is 4.74 Å². The number of aryl methyl sites for hydroxylation is 2. The van der Waals surface area contributed by atoms with Gasteiger partial charge in [0, 0.05) is 25.4 Å². The number of nitrogens with one attached hydrogen (secondary N) is 1. The van der Waals surface area contributed by atoms with Gasteiger partial charge in [0.1, 0.15) is 0 Å². The molecule has 4 atom stereocenters. The first-order valence-electron chi connectivity index (χ1n) is 8.17. The molecule has 3 rings (SSSR count). The summed E-state index contributed by atoms with van der Waals surface area (Å²) in [5.41, 5.74) is 2.37. The van der Waals surface area contributed by atoms with Crippen LogP contribution in [-0.4, -0.2) is 34.6 Å². The van der Waals surface area contributed by atoms with Crippen molar-refractivity contribution in [2.24, 2.45) is 13.0 Å². The van der Waals surface area contributed by atoms with E-state index >= 15 is 0 Å². The Bertz CT molecular complexity index is 502. The molecule has 1 aromatic rings. The van der Waals surface area contributed by atoms with E-state index < -0.39 is 0 Å². The minimum Gasteiger partial charge on any atom is -0.375 e. The van der Waals surface area contributed by atoms with E-state index in [1.807, 2.05) is 11.7 Å². The van der Waals surface area contributed by atoms with E-state index in [1.54, 1.807) is 0 Å². The van der Waals surface area contributed by atoms with Crippen molar-refractivity contribution in [1.82, 2.24) is 15.1 Å². The Hall–Kier alpha value is -0.390. The Morgan fingerprint density at radius 2 is 2.29 bits per heavy atom. The van der Waals surface area contributed by atoms with Crippen molar-refractivity contribution in [1.29, 1.82) is 0 Å². The van der Waals surface area contributed by atoms with Gasteiger partial charge < -0.3 is 10.1 Å². The molecule has 21 heavy (non-hydrogen) atoms. The maximum atomic E-state index is 6.08. The van der Waals surface area contributed by atoms with Crippen LogP contribution in [0.4, 0.5) is 0 Å². The molecule has 4 unspecified atom stereocenters. The molecule has 1 N–H and O–H groups in total. The van der Waals surface area contributed by atoms with Crippen LogP contribution in [-0.2, 0) is 18.2 Å². The van der Waals surface area contributed by atoms with Gasteiger partial charge in [0.15, 0.2) is 0 Å². The van der Waals surface area contributed by atoms with Crippen LogP contribution in [0.5, 0.6) is 0 Å². The third-order valence-electron chi connectivity index (χ3n) is 5.00. The minimum atomic E-state index is 0.470. The lowest BCUT2D eigenvalue weighted by Crippen LogP contribution is -2.43. The van der Waals surface area contributed by atoms with Crippen LogP contribution >= 0.6 is 15.9 Å². The van der Waals surface area contributed by atoms with Crippen LogP contribution in [0, 0.1) is 12.8 Å². The lowest BCUT2D eigenvalue weighted by atomic mass is 9.82. The van der Waals surface area contributed by atoms with Gasteiger partial charge in [0.05, 0.1) is 28.1 Å². The molecule has 0 radical (unpaired) electrons. The maximum Gasteiger partial charge on any atom is 0.0738 e. The molecule has 2 aliphatic heterocycles. The number of ether oxygens (including phenoxy) is 1. The van der Waals surface area contributed by atoms with E-state index in [0.717, 1.165) is 23.1 Å². The summed E-state index contributed by atoms with van der Waals surface area (Å²) in [7, 11) is 2.04. The highest BCUT2D eigenvalue weighted by Crippen LogP contribution is 2.41. The van der Waals surface area contributed by atoms with Gasteiger partial charge in [-0.25, -0.2) is 0 Å². The number of aromatic nitrogens is 2. The number of nitrogens with zero attached hydrogens (tertiary/aromatic N) is 2. The van der Waals surface area contributed by atoms with Crippen molar-refractivity contribution in [3.8, 4) is 0 Å². The first-order chi connectivity index (χ1) is 10.1.